The monoisotopic (exact) mass is 380 g/mol. The standard InChI is InChI=1S/C22H24N2O2S/c1-16-7-4-8-17(15-16)26-14-6-12-21(25)24-13-5-10-19(24)22-23-18-9-2-3-11-20(18)27-22/h2-4,7-9,11,15,19H,5-6,10,12-14H2,1H3/t19-/m1/s1. The minimum atomic E-state index is 0.132. The van der Waals surface area contributed by atoms with E-state index in [1.54, 1.807) is 11.3 Å². The Hall–Kier alpha value is -2.40. The normalized spacial score (nSPS) is 16.8. The molecular formula is C22H24N2O2S. The Balaban J connectivity index is 1.33. The maximum absolute atomic E-state index is 12.8. The third kappa shape index (κ3) is 4.14. The van der Waals surface area contributed by atoms with E-state index in [1.807, 2.05) is 54.3 Å². The van der Waals surface area contributed by atoms with Gasteiger partial charge in [0, 0.05) is 13.0 Å². The first kappa shape index (κ1) is 18.0. The van der Waals surface area contributed by atoms with Crippen LogP contribution in [0.15, 0.2) is 48.5 Å². The second kappa shape index (κ2) is 8.09. The van der Waals surface area contributed by atoms with Gasteiger partial charge < -0.3 is 9.64 Å². The lowest BCUT2D eigenvalue weighted by Crippen LogP contribution is -2.30. The number of carbonyl (C=O) groups excluding carboxylic acids is 1. The molecule has 5 heteroatoms. The Morgan fingerprint density at radius 1 is 1.26 bits per heavy atom. The van der Waals surface area contributed by atoms with Crippen LogP contribution in [0.2, 0.25) is 0 Å². The molecule has 2 heterocycles. The molecule has 0 radical (unpaired) electrons. The highest BCUT2D eigenvalue weighted by atomic mass is 32.1. The average Bonchev–Trinajstić information content (AvgIpc) is 3.31. The third-order valence-corrected chi connectivity index (χ3v) is 6.10. The largest absolute Gasteiger partial charge is 0.494 e. The lowest BCUT2D eigenvalue weighted by atomic mass is 10.2. The van der Waals surface area contributed by atoms with Gasteiger partial charge in [-0.3, -0.25) is 4.79 Å². The fourth-order valence-corrected chi connectivity index (χ4v) is 4.73. The van der Waals surface area contributed by atoms with Crippen molar-refractivity contribution in [3.05, 3.63) is 59.1 Å². The van der Waals surface area contributed by atoms with Crippen LogP contribution in [-0.2, 0) is 4.79 Å². The number of carbonyl (C=O) groups is 1. The highest BCUT2D eigenvalue weighted by Crippen LogP contribution is 2.36. The fraction of sp³-hybridized carbons (Fsp3) is 0.364. The molecule has 2 aromatic carbocycles. The van der Waals surface area contributed by atoms with E-state index in [1.165, 1.54) is 10.3 Å². The van der Waals surface area contributed by atoms with E-state index in [2.05, 4.69) is 6.07 Å². The Morgan fingerprint density at radius 2 is 2.15 bits per heavy atom. The SMILES string of the molecule is Cc1cccc(OCCCC(=O)N2CCC[C@@H]2c2nc3ccccc3s2)c1. The van der Waals surface area contributed by atoms with E-state index in [4.69, 9.17) is 9.72 Å². The Morgan fingerprint density at radius 3 is 3.00 bits per heavy atom. The van der Waals surface area contributed by atoms with Crippen molar-refractivity contribution in [2.45, 2.75) is 38.6 Å². The van der Waals surface area contributed by atoms with Gasteiger partial charge in [-0.15, -0.1) is 11.3 Å². The smallest absolute Gasteiger partial charge is 0.223 e. The van der Waals surface area contributed by atoms with Gasteiger partial charge in [0.05, 0.1) is 22.9 Å². The molecule has 27 heavy (non-hydrogen) atoms. The molecule has 4 nitrogen and oxygen atoms in total. The average molecular weight is 381 g/mol. The number of thiazole rings is 1. The Bertz CT molecular complexity index is 904. The Kier molecular flexibility index (Phi) is 5.39. The third-order valence-electron chi connectivity index (χ3n) is 4.96. The number of ether oxygens (including phenoxy) is 1. The molecule has 1 amide bonds. The van der Waals surface area contributed by atoms with Crippen LogP contribution >= 0.6 is 11.3 Å². The topological polar surface area (TPSA) is 42.4 Å². The number of benzene rings is 2. The molecule has 140 valence electrons. The quantitative estimate of drug-likeness (QED) is 0.557. The Labute approximate surface area is 163 Å². The number of hydrogen-bond acceptors (Lipinski definition) is 4. The summed E-state index contributed by atoms with van der Waals surface area (Å²) in [6.45, 7) is 3.44. The van der Waals surface area contributed by atoms with Gasteiger partial charge in [-0.2, -0.15) is 0 Å². The summed E-state index contributed by atoms with van der Waals surface area (Å²) in [7, 11) is 0. The van der Waals surface area contributed by atoms with Crippen molar-refractivity contribution in [2.24, 2.45) is 0 Å². The van der Waals surface area contributed by atoms with Crippen LogP contribution < -0.4 is 4.74 Å². The maximum Gasteiger partial charge on any atom is 0.223 e. The van der Waals surface area contributed by atoms with Gasteiger partial charge in [-0.05, 0) is 56.0 Å². The summed E-state index contributed by atoms with van der Waals surface area (Å²) in [4.78, 5) is 19.5. The lowest BCUT2D eigenvalue weighted by molar-refractivity contribution is -0.132. The van der Waals surface area contributed by atoms with Gasteiger partial charge in [-0.1, -0.05) is 24.3 Å². The maximum atomic E-state index is 12.8. The molecule has 4 rings (SSSR count). The molecule has 0 N–H and O–H groups in total. The van der Waals surface area contributed by atoms with E-state index >= 15 is 0 Å². The molecule has 0 spiro atoms. The molecule has 0 saturated carbocycles. The molecule has 1 atom stereocenters. The van der Waals surface area contributed by atoms with Gasteiger partial charge in [-0.25, -0.2) is 4.98 Å². The van der Waals surface area contributed by atoms with Gasteiger partial charge in [0.25, 0.3) is 0 Å². The van der Waals surface area contributed by atoms with Gasteiger partial charge in [0.2, 0.25) is 5.91 Å². The summed E-state index contributed by atoms with van der Waals surface area (Å²) in [5.74, 6) is 1.08. The van der Waals surface area contributed by atoms with E-state index in [9.17, 15) is 4.79 Å². The zero-order valence-corrected chi connectivity index (χ0v) is 16.4. The van der Waals surface area contributed by atoms with E-state index < -0.39 is 0 Å². The van der Waals surface area contributed by atoms with Crippen LogP contribution in [-0.4, -0.2) is 28.9 Å². The lowest BCUT2D eigenvalue weighted by Gasteiger charge is -2.23. The number of amides is 1. The molecule has 1 saturated heterocycles. The second-order valence-electron chi connectivity index (χ2n) is 7.03. The van der Waals surface area contributed by atoms with Crippen LogP contribution in [0.25, 0.3) is 10.2 Å². The number of rotatable bonds is 6. The van der Waals surface area contributed by atoms with Crippen LogP contribution in [0.1, 0.15) is 42.3 Å². The summed E-state index contributed by atoms with van der Waals surface area (Å²) in [6.07, 6.45) is 3.31. The van der Waals surface area contributed by atoms with Gasteiger partial charge in [0.1, 0.15) is 10.8 Å². The second-order valence-corrected chi connectivity index (χ2v) is 8.10. The number of nitrogens with zero attached hydrogens (tertiary/aromatic N) is 2. The van der Waals surface area contributed by atoms with Crippen LogP contribution in [0, 0.1) is 6.92 Å². The summed E-state index contributed by atoms with van der Waals surface area (Å²) in [5, 5.41) is 1.07. The number of fused-ring (bicyclic) bond motifs is 1. The van der Waals surface area contributed by atoms with Crippen molar-refractivity contribution in [1.82, 2.24) is 9.88 Å². The summed E-state index contributed by atoms with van der Waals surface area (Å²) in [5.41, 5.74) is 2.21. The van der Waals surface area contributed by atoms with Crippen molar-refractivity contribution in [3.8, 4) is 5.75 Å². The summed E-state index contributed by atoms with van der Waals surface area (Å²) >= 11 is 1.71. The minimum Gasteiger partial charge on any atom is -0.494 e. The van der Waals surface area contributed by atoms with Gasteiger partial charge in [0.15, 0.2) is 0 Å². The van der Waals surface area contributed by atoms with Crippen molar-refractivity contribution in [1.29, 1.82) is 0 Å². The van der Waals surface area contributed by atoms with Crippen molar-refractivity contribution in [2.75, 3.05) is 13.2 Å². The number of para-hydroxylation sites is 1. The first-order valence-corrected chi connectivity index (χ1v) is 10.4. The molecular weight excluding hydrogens is 356 g/mol. The van der Waals surface area contributed by atoms with E-state index in [-0.39, 0.29) is 11.9 Å². The number of aromatic nitrogens is 1. The molecule has 0 unspecified atom stereocenters. The van der Waals surface area contributed by atoms with Crippen molar-refractivity contribution < 1.29 is 9.53 Å². The van der Waals surface area contributed by atoms with Crippen LogP contribution in [0.3, 0.4) is 0 Å². The van der Waals surface area contributed by atoms with Crippen LogP contribution in [0.4, 0.5) is 0 Å². The zero-order chi connectivity index (χ0) is 18.6. The molecule has 1 aliphatic rings. The minimum absolute atomic E-state index is 0.132. The van der Waals surface area contributed by atoms with Gasteiger partial charge >= 0.3 is 0 Å². The number of aryl methyl sites for hydroxylation is 1. The first-order valence-electron chi connectivity index (χ1n) is 9.55. The molecule has 0 aliphatic carbocycles. The molecule has 0 bridgehead atoms. The highest BCUT2D eigenvalue weighted by molar-refractivity contribution is 7.18. The highest BCUT2D eigenvalue weighted by Gasteiger charge is 2.31. The predicted molar refractivity (Wildman–Crippen MR) is 109 cm³/mol. The summed E-state index contributed by atoms with van der Waals surface area (Å²) in [6, 6.07) is 16.3. The first-order chi connectivity index (χ1) is 13.2. The summed E-state index contributed by atoms with van der Waals surface area (Å²) < 4.78 is 6.96. The van der Waals surface area contributed by atoms with Crippen molar-refractivity contribution in [3.63, 3.8) is 0 Å². The molecule has 1 aliphatic heterocycles. The number of likely N-dealkylation sites (tertiary alicyclic amines) is 1. The van der Waals surface area contributed by atoms with E-state index in [0.717, 1.165) is 42.1 Å². The fourth-order valence-electron chi connectivity index (χ4n) is 3.62. The zero-order valence-electron chi connectivity index (χ0n) is 15.6. The molecule has 1 aromatic heterocycles. The van der Waals surface area contributed by atoms with E-state index in [0.29, 0.717) is 13.0 Å². The molecule has 3 aromatic rings. The predicted octanol–water partition coefficient (Wildman–Crippen LogP) is 5.13. The number of hydrogen-bond donors (Lipinski definition) is 0. The molecule has 1 fully saturated rings. The van der Waals surface area contributed by atoms with Crippen LogP contribution in [0.5, 0.6) is 5.75 Å². The van der Waals surface area contributed by atoms with Crippen molar-refractivity contribution >= 4 is 27.5 Å².